The van der Waals surface area contributed by atoms with Gasteiger partial charge in [-0.05, 0) is 17.7 Å². The van der Waals surface area contributed by atoms with Gasteiger partial charge in [0.15, 0.2) is 6.61 Å². The number of halogens is 3. The van der Waals surface area contributed by atoms with Crippen LogP contribution in [0.4, 0.5) is 13.2 Å². The molecule has 0 atom stereocenters. The Morgan fingerprint density at radius 3 is 2.34 bits per heavy atom. The van der Waals surface area contributed by atoms with Gasteiger partial charge in [-0.2, -0.15) is 0 Å². The van der Waals surface area contributed by atoms with Gasteiger partial charge in [-0.25, -0.2) is 13.1 Å². The summed E-state index contributed by atoms with van der Waals surface area (Å²) < 4.78 is 71.4. The van der Waals surface area contributed by atoms with Gasteiger partial charge in [0.25, 0.3) is 5.91 Å². The molecule has 0 aliphatic carbocycles. The predicted molar refractivity (Wildman–Crippen MR) is 108 cm³/mol. The molecule has 0 bridgehead atoms. The highest BCUT2D eigenvalue weighted by atomic mass is 32.2. The number of alkyl halides is 3. The lowest BCUT2D eigenvalue weighted by atomic mass is 10.2. The van der Waals surface area contributed by atoms with Gasteiger partial charge in [0.05, 0.1) is 0 Å². The minimum Gasteiger partial charge on any atom is -0.455 e. The number of hydrogen-bond acceptors (Lipinski definition) is 6. The van der Waals surface area contributed by atoms with Crippen molar-refractivity contribution in [1.29, 1.82) is 0 Å². The average molecular weight is 472 g/mol. The molecule has 0 fully saturated rings. The number of sulfonamides is 1. The van der Waals surface area contributed by atoms with Gasteiger partial charge in [0.2, 0.25) is 10.0 Å². The summed E-state index contributed by atoms with van der Waals surface area (Å²) in [5, 5.41) is 3.16. The van der Waals surface area contributed by atoms with Crippen molar-refractivity contribution in [3.05, 3.63) is 71.1 Å². The third-order valence-corrected chi connectivity index (χ3v) is 4.74. The van der Waals surface area contributed by atoms with E-state index in [1.807, 2.05) is 4.72 Å². The second kappa shape index (κ2) is 11.3. The topological polar surface area (TPSA) is 111 Å². The van der Waals surface area contributed by atoms with E-state index < -0.39 is 47.2 Å². The first-order valence-corrected chi connectivity index (χ1v) is 10.6. The van der Waals surface area contributed by atoms with Crippen LogP contribution in [0.15, 0.2) is 60.0 Å². The molecular weight excluding hydrogens is 453 g/mol. The lowest BCUT2D eigenvalue weighted by Gasteiger charge is -2.13. The predicted octanol–water partition coefficient (Wildman–Crippen LogP) is 2.33. The van der Waals surface area contributed by atoms with E-state index >= 15 is 0 Å². The van der Waals surface area contributed by atoms with E-state index in [-0.39, 0.29) is 12.1 Å². The van der Waals surface area contributed by atoms with Gasteiger partial charge in [-0.1, -0.05) is 48.5 Å². The third kappa shape index (κ3) is 9.62. The Labute approximate surface area is 182 Å². The van der Waals surface area contributed by atoms with Gasteiger partial charge in [0.1, 0.15) is 12.3 Å². The summed E-state index contributed by atoms with van der Waals surface area (Å²) in [6, 6.07) is 13.8. The second-order valence-electron chi connectivity index (χ2n) is 6.17. The van der Waals surface area contributed by atoms with E-state index in [1.54, 1.807) is 30.3 Å². The van der Waals surface area contributed by atoms with Crippen LogP contribution in [-0.4, -0.2) is 39.8 Å². The average Bonchev–Trinajstić information content (AvgIpc) is 2.74. The van der Waals surface area contributed by atoms with E-state index in [2.05, 4.69) is 14.8 Å². The monoisotopic (exact) mass is 472 g/mol. The molecule has 1 amide bonds. The van der Waals surface area contributed by atoms with Crippen LogP contribution in [0, 0.1) is 0 Å². The van der Waals surface area contributed by atoms with Crippen LogP contribution in [-0.2, 0) is 30.9 Å². The Bertz CT molecular complexity index is 1060. The number of rotatable bonds is 10. The molecular formula is C20H19F3N2O6S. The van der Waals surface area contributed by atoms with E-state index in [4.69, 9.17) is 0 Å². The van der Waals surface area contributed by atoms with E-state index in [9.17, 15) is 31.2 Å². The number of para-hydroxylation sites is 1. The summed E-state index contributed by atoms with van der Waals surface area (Å²) >= 11 is 0. The highest BCUT2D eigenvalue weighted by Crippen LogP contribution is 2.26. The number of esters is 1. The smallest absolute Gasteiger partial charge is 0.455 e. The summed E-state index contributed by atoms with van der Waals surface area (Å²) in [5.74, 6) is -2.29. The normalized spacial score (nSPS) is 11.8. The number of carbonyl (C=O) groups is 2. The van der Waals surface area contributed by atoms with Crippen LogP contribution >= 0.6 is 0 Å². The molecule has 2 rings (SSSR count). The van der Waals surface area contributed by atoms with Crippen molar-refractivity contribution >= 4 is 28.0 Å². The lowest BCUT2D eigenvalue weighted by molar-refractivity contribution is -0.274. The van der Waals surface area contributed by atoms with E-state index in [0.29, 0.717) is 5.56 Å². The number of carbonyl (C=O) groups excluding carboxylic acids is 2. The van der Waals surface area contributed by atoms with Crippen molar-refractivity contribution in [2.75, 3.05) is 13.2 Å². The quantitative estimate of drug-likeness (QED) is 0.514. The van der Waals surface area contributed by atoms with Crippen molar-refractivity contribution in [2.24, 2.45) is 0 Å². The molecule has 0 radical (unpaired) electrons. The zero-order valence-corrected chi connectivity index (χ0v) is 17.3. The number of benzene rings is 2. The molecule has 0 saturated heterocycles. The van der Waals surface area contributed by atoms with Gasteiger partial charge < -0.3 is 14.8 Å². The fourth-order valence-corrected chi connectivity index (χ4v) is 3.01. The molecule has 0 unspecified atom stereocenters. The fourth-order valence-electron chi connectivity index (χ4n) is 2.26. The van der Waals surface area contributed by atoms with Crippen molar-refractivity contribution in [2.45, 2.75) is 12.9 Å². The first-order valence-electron chi connectivity index (χ1n) is 9.03. The molecule has 0 saturated carbocycles. The second-order valence-corrected chi connectivity index (χ2v) is 7.82. The van der Waals surface area contributed by atoms with Crippen molar-refractivity contribution in [3.63, 3.8) is 0 Å². The molecule has 0 spiro atoms. The van der Waals surface area contributed by atoms with Crippen LogP contribution in [0.2, 0.25) is 0 Å². The lowest BCUT2D eigenvalue weighted by Crippen LogP contribution is -2.33. The van der Waals surface area contributed by atoms with Crippen LogP contribution in [0.5, 0.6) is 5.75 Å². The summed E-state index contributed by atoms with van der Waals surface area (Å²) in [5.41, 5.74) is 0.696. The van der Waals surface area contributed by atoms with Gasteiger partial charge in [-0.3, -0.25) is 9.59 Å². The minimum atomic E-state index is -4.89. The Kier molecular flexibility index (Phi) is 8.79. The molecule has 8 nitrogen and oxygen atoms in total. The van der Waals surface area contributed by atoms with Crippen molar-refractivity contribution < 1.29 is 40.7 Å². The Morgan fingerprint density at radius 1 is 1.00 bits per heavy atom. The van der Waals surface area contributed by atoms with Gasteiger partial charge in [-0.15, -0.1) is 13.2 Å². The van der Waals surface area contributed by atoms with Crippen molar-refractivity contribution in [1.82, 2.24) is 10.0 Å². The maximum absolute atomic E-state index is 12.4. The Hall–Kier alpha value is -3.38. The highest BCUT2D eigenvalue weighted by Gasteiger charge is 2.32. The van der Waals surface area contributed by atoms with Crippen LogP contribution in [0.1, 0.15) is 11.1 Å². The van der Waals surface area contributed by atoms with Crippen molar-refractivity contribution in [3.8, 4) is 5.75 Å². The van der Waals surface area contributed by atoms with Crippen LogP contribution in [0.3, 0.4) is 0 Å². The fraction of sp³-hybridized carbons (Fsp3) is 0.200. The number of ether oxygens (including phenoxy) is 2. The summed E-state index contributed by atoms with van der Waals surface area (Å²) in [7, 11) is -3.92. The maximum Gasteiger partial charge on any atom is 0.573 e. The molecule has 32 heavy (non-hydrogen) atoms. The SMILES string of the molecule is O=C(COC(=O)CNS(=O)(=O)/C=C/c1ccccc1)NCc1ccccc1OC(F)(F)F. The molecule has 2 aromatic carbocycles. The maximum atomic E-state index is 12.4. The standard InChI is InChI=1S/C20H19F3N2O6S/c21-20(22,23)31-17-9-5-4-8-16(17)12-24-18(26)14-30-19(27)13-25-32(28,29)11-10-15-6-2-1-3-7-15/h1-11,25H,12-14H2,(H,24,26)/b11-10+. The first kappa shape index (κ1) is 24.9. The molecule has 12 heteroatoms. The van der Waals surface area contributed by atoms with Gasteiger partial charge >= 0.3 is 12.3 Å². The number of nitrogens with one attached hydrogen (secondary N) is 2. The molecule has 0 heterocycles. The molecule has 172 valence electrons. The van der Waals surface area contributed by atoms with E-state index in [0.717, 1.165) is 11.5 Å². The van der Waals surface area contributed by atoms with Crippen LogP contribution in [0.25, 0.3) is 6.08 Å². The summed E-state index contributed by atoms with van der Waals surface area (Å²) in [6.45, 7) is -1.76. The minimum absolute atomic E-state index is 0.0578. The first-order chi connectivity index (χ1) is 15.0. The largest absolute Gasteiger partial charge is 0.573 e. The zero-order valence-electron chi connectivity index (χ0n) is 16.5. The molecule has 0 aromatic heterocycles. The molecule has 2 N–H and O–H groups in total. The zero-order chi connectivity index (χ0) is 23.6. The summed E-state index contributed by atoms with van der Waals surface area (Å²) in [4.78, 5) is 23.4. The summed E-state index contributed by atoms with van der Waals surface area (Å²) in [6.07, 6.45) is -3.55. The highest BCUT2D eigenvalue weighted by molar-refractivity contribution is 7.92. The Balaban J connectivity index is 1.75. The van der Waals surface area contributed by atoms with Crippen LogP contribution < -0.4 is 14.8 Å². The molecule has 2 aromatic rings. The third-order valence-electron chi connectivity index (χ3n) is 3.70. The number of hydrogen-bond donors (Lipinski definition) is 2. The Morgan fingerprint density at radius 2 is 1.66 bits per heavy atom. The number of amides is 1. The van der Waals surface area contributed by atoms with E-state index in [1.165, 1.54) is 24.3 Å². The van der Waals surface area contributed by atoms with Gasteiger partial charge in [0, 0.05) is 17.5 Å². The molecule has 0 aliphatic heterocycles. The molecule has 0 aliphatic rings.